The minimum atomic E-state index is -0.376. The molecular formula is C13H10ClN3O. The molecule has 0 aliphatic heterocycles. The summed E-state index contributed by atoms with van der Waals surface area (Å²) in [4.78, 5) is 18.3. The van der Waals surface area contributed by atoms with Crippen molar-refractivity contribution in [3.63, 3.8) is 0 Å². The van der Waals surface area contributed by atoms with E-state index in [1.807, 2.05) is 29.0 Å². The molecule has 1 saturated carbocycles. The van der Waals surface area contributed by atoms with Crippen LogP contribution in [-0.2, 0) is 10.3 Å². The van der Waals surface area contributed by atoms with E-state index in [9.17, 15) is 4.79 Å². The second-order valence-electron chi connectivity index (χ2n) is 4.37. The Kier molecular flexibility index (Phi) is 2.54. The lowest BCUT2D eigenvalue weighted by molar-refractivity contribution is 0.556. The van der Waals surface area contributed by atoms with Crippen LogP contribution in [0.1, 0.15) is 18.4 Å². The first-order valence-corrected chi connectivity index (χ1v) is 6.00. The molecule has 0 N–H and O–H groups in total. The van der Waals surface area contributed by atoms with E-state index in [0.717, 1.165) is 24.1 Å². The summed E-state index contributed by atoms with van der Waals surface area (Å²) in [6.45, 7) is 0. The molecule has 1 aromatic heterocycles. The Morgan fingerprint density at radius 3 is 2.83 bits per heavy atom. The molecular weight excluding hydrogens is 250 g/mol. The average molecular weight is 260 g/mol. The molecule has 1 fully saturated rings. The van der Waals surface area contributed by atoms with Gasteiger partial charge in [0.1, 0.15) is 0 Å². The fourth-order valence-corrected chi connectivity index (χ4v) is 2.36. The van der Waals surface area contributed by atoms with Crippen LogP contribution in [0.4, 0.5) is 0 Å². The smallest absolute Gasteiger partial charge is 0.235 e. The van der Waals surface area contributed by atoms with Crippen molar-refractivity contribution in [3.05, 3.63) is 47.5 Å². The van der Waals surface area contributed by atoms with Gasteiger partial charge < -0.3 is 4.57 Å². The van der Waals surface area contributed by atoms with E-state index in [1.54, 1.807) is 18.6 Å². The van der Waals surface area contributed by atoms with Gasteiger partial charge in [-0.1, -0.05) is 17.7 Å². The summed E-state index contributed by atoms with van der Waals surface area (Å²) in [5, 5.41) is 0.623. The Balaban J connectivity index is 2.02. The highest BCUT2D eigenvalue weighted by Gasteiger charge is 2.45. The summed E-state index contributed by atoms with van der Waals surface area (Å²) in [5.74, 6) is 0. The highest BCUT2D eigenvalue weighted by atomic mass is 35.5. The third kappa shape index (κ3) is 1.76. The van der Waals surface area contributed by atoms with Gasteiger partial charge in [0.15, 0.2) is 0 Å². The van der Waals surface area contributed by atoms with Crippen LogP contribution in [0.2, 0.25) is 5.02 Å². The van der Waals surface area contributed by atoms with Gasteiger partial charge in [0.2, 0.25) is 6.08 Å². The molecule has 1 heterocycles. The molecule has 2 aromatic rings. The molecule has 0 atom stereocenters. The Labute approximate surface area is 109 Å². The lowest BCUT2D eigenvalue weighted by atomic mass is 10.1. The number of nitrogens with zero attached hydrogens (tertiary/aromatic N) is 3. The number of rotatable bonds is 3. The first-order valence-electron chi connectivity index (χ1n) is 5.63. The molecule has 4 nitrogen and oxygen atoms in total. The van der Waals surface area contributed by atoms with Crippen molar-refractivity contribution in [1.29, 1.82) is 0 Å². The number of hydrogen-bond acceptors (Lipinski definition) is 3. The van der Waals surface area contributed by atoms with Crippen LogP contribution in [0.25, 0.3) is 5.69 Å². The Morgan fingerprint density at radius 2 is 2.28 bits per heavy atom. The van der Waals surface area contributed by atoms with Crippen LogP contribution in [0, 0.1) is 0 Å². The van der Waals surface area contributed by atoms with Gasteiger partial charge in [-0.05, 0) is 30.5 Å². The van der Waals surface area contributed by atoms with Crippen LogP contribution in [0.15, 0.2) is 41.9 Å². The lowest BCUT2D eigenvalue weighted by Crippen LogP contribution is -2.03. The largest absolute Gasteiger partial charge is 0.305 e. The highest BCUT2D eigenvalue weighted by molar-refractivity contribution is 6.32. The first kappa shape index (κ1) is 11.2. The number of halogens is 1. The topological polar surface area (TPSA) is 47.2 Å². The number of aliphatic imine (C=N–C) groups is 1. The molecule has 1 aliphatic carbocycles. The maximum Gasteiger partial charge on any atom is 0.235 e. The number of carbonyl (C=O) groups excluding carboxylic acids is 1. The van der Waals surface area contributed by atoms with Gasteiger partial charge in [-0.25, -0.2) is 9.78 Å². The zero-order valence-electron chi connectivity index (χ0n) is 9.51. The van der Waals surface area contributed by atoms with E-state index in [0.29, 0.717) is 5.02 Å². The predicted molar refractivity (Wildman–Crippen MR) is 67.6 cm³/mol. The molecule has 18 heavy (non-hydrogen) atoms. The quantitative estimate of drug-likeness (QED) is 0.629. The normalized spacial score (nSPS) is 16.1. The molecule has 90 valence electrons. The minimum Gasteiger partial charge on any atom is -0.305 e. The number of benzene rings is 1. The van der Waals surface area contributed by atoms with Crippen molar-refractivity contribution in [2.45, 2.75) is 18.4 Å². The molecule has 0 spiro atoms. The summed E-state index contributed by atoms with van der Waals surface area (Å²) in [5.41, 5.74) is 1.46. The number of hydrogen-bond donors (Lipinski definition) is 0. The summed E-state index contributed by atoms with van der Waals surface area (Å²) in [6, 6.07) is 5.74. The molecule has 0 amide bonds. The van der Waals surface area contributed by atoms with Crippen molar-refractivity contribution in [3.8, 4) is 5.69 Å². The van der Waals surface area contributed by atoms with Crippen molar-refractivity contribution in [2.24, 2.45) is 4.99 Å². The van der Waals surface area contributed by atoms with Gasteiger partial charge in [-0.3, -0.25) is 0 Å². The predicted octanol–water partition coefficient (Wildman–Crippen LogP) is 2.85. The highest BCUT2D eigenvalue weighted by Crippen LogP contribution is 2.49. The molecule has 1 aliphatic rings. The van der Waals surface area contributed by atoms with Gasteiger partial charge in [0.25, 0.3) is 0 Å². The van der Waals surface area contributed by atoms with E-state index >= 15 is 0 Å². The summed E-state index contributed by atoms with van der Waals surface area (Å²) < 4.78 is 1.84. The van der Waals surface area contributed by atoms with Gasteiger partial charge >= 0.3 is 0 Å². The fraction of sp³-hybridized carbons (Fsp3) is 0.231. The Bertz CT molecular complexity index is 626. The van der Waals surface area contributed by atoms with Crippen molar-refractivity contribution < 1.29 is 4.79 Å². The average Bonchev–Trinajstić information content (AvgIpc) is 2.95. The standard InChI is InChI=1S/C13H10ClN3O/c14-11-7-10(13(3-4-13)16-9-18)1-2-12(11)17-6-5-15-8-17/h1-2,5-8H,3-4H2. The third-order valence-electron chi connectivity index (χ3n) is 3.25. The third-order valence-corrected chi connectivity index (χ3v) is 3.55. The van der Waals surface area contributed by atoms with Crippen LogP contribution >= 0.6 is 11.6 Å². The van der Waals surface area contributed by atoms with Gasteiger partial charge in [-0.2, -0.15) is 4.99 Å². The SMILES string of the molecule is O=C=NC1(c2ccc(-n3ccnc3)c(Cl)c2)CC1. The maximum absolute atomic E-state index is 10.4. The second-order valence-corrected chi connectivity index (χ2v) is 4.78. The Morgan fingerprint density at radius 1 is 1.44 bits per heavy atom. The van der Waals surface area contributed by atoms with Crippen molar-refractivity contribution in [2.75, 3.05) is 0 Å². The van der Waals surface area contributed by atoms with Gasteiger partial charge in [0.05, 0.1) is 22.6 Å². The molecule has 0 unspecified atom stereocenters. The monoisotopic (exact) mass is 259 g/mol. The van der Waals surface area contributed by atoms with Crippen molar-refractivity contribution in [1.82, 2.24) is 9.55 Å². The molecule has 3 rings (SSSR count). The van der Waals surface area contributed by atoms with Gasteiger partial charge in [0, 0.05) is 12.4 Å². The number of isocyanates is 1. The van der Waals surface area contributed by atoms with Crippen LogP contribution in [0.5, 0.6) is 0 Å². The molecule has 0 bridgehead atoms. The molecule has 0 radical (unpaired) electrons. The number of aromatic nitrogens is 2. The number of imidazole rings is 1. The van der Waals surface area contributed by atoms with Gasteiger partial charge in [-0.15, -0.1) is 0 Å². The first-order chi connectivity index (χ1) is 8.75. The molecule has 1 aromatic carbocycles. The van der Waals surface area contributed by atoms with Crippen molar-refractivity contribution >= 4 is 17.7 Å². The minimum absolute atomic E-state index is 0.376. The van der Waals surface area contributed by atoms with E-state index in [-0.39, 0.29) is 5.54 Å². The van der Waals surface area contributed by atoms with E-state index in [1.165, 1.54) is 0 Å². The zero-order chi connectivity index (χ0) is 12.6. The van der Waals surface area contributed by atoms with Crippen LogP contribution < -0.4 is 0 Å². The summed E-state index contributed by atoms with van der Waals surface area (Å²) in [7, 11) is 0. The fourth-order valence-electron chi connectivity index (χ4n) is 2.08. The molecule has 5 heteroatoms. The van der Waals surface area contributed by atoms with Crippen LogP contribution in [0.3, 0.4) is 0 Å². The van der Waals surface area contributed by atoms with E-state index in [4.69, 9.17) is 11.6 Å². The summed E-state index contributed by atoms with van der Waals surface area (Å²) >= 11 is 6.27. The summed E-state index contributed by atoms with van der Waals surface area (Å²) in [6.07, 6.45) is 8.62. The second kappa shape index (κ2) is 4.09. The maximum atomic E-state index is 10.4. The molecule has 0 saturated heterocycles. The van der Waals surface area contributed by atoms with E-state index < -0.39 is 0 Å². The zero-order valence-corrected chi connectivity index (χ0v) is 10.3. The van der Waals surface area contributed by atoms with Crippen LogP contribution in [-0.4, -0.2) is 15.6 Å². The Hall–Kier alpha value is -1.90. The van der Waals surface area contributed by atoms with E-state index in [2.05, 4.69) is 9.98 Å². The lowest BCUT2D eigenvalue weighted by Gasteiger charge is -2.11.